The minimum absolute atomic E-state index is 0.0166. The third kappa shape index (κ3) is 5.01. The van der Waals surface area contributed by atoms with E-state index in [0.29, 0.717) is 0 Å². The highest BCUT2D eigenvalue weighted by Gasteiger charge is 2.37. The van der Waals surface area contributed by atoms with Gasteiger partial charge in [0.25, 0.3) is 11.5 Å². The van der Waals surface area contributed by atoms with Crippen molar-refractivity contribution in [1.29, 1.82) is 0 Å². The lowest BCUT2D eigenvalue weighted by atomic mass is 10.2. The number of ketones is 1. The van der Waals surface area contributed by atoms with Crippen LogP contribution in [0.5, 0.6) is 0 Å². The SMILES string of the molecule is COC[C@H](C)N1Cc2c(n(CC(=O)Nc3ccc(F)cn3)c3cc(C(=O)Cc4ncccn4)nn3c2=O)C1=O. The number of ether oxygens (including phenoxy) is 1. The summed E-state index contributed by atoms with van der Waals surface area (Å²) in [6, 6.07) is 5.05. The van der Waals surface area contributed by atoms with Crippen LogP contribution in [0.3, 0.4) is 0 Å². The monoisotopic (exact) mass is 534 g/mol. The van der Waals surface area contributed by atoms with Gasteiger partial charge >= 0.3 is 0 Å². The number of carbonyl (C=O) groups excluding carboxylic acids is 3. The Kier molecular flexibility index (Phi) is 6.94. The van der Waals surface area contributed by atoms with E-state index in [9.17, 15) is 23.6 Å². The molecule has 1 atom stereocenters. The summed E-state index contributed by atoms with van der Waals surface area (Å²) in [5.41, 5.74) is -0.394. The summed E-state index contributed by atoms with van der Waals surface area (Å²) < 4.78 is 20.8. The molecular formula is C25H23FN8O5. The fourth-order valence-corrected chi connectivity index (χ4v) is 4.40. The molecule has 2 amide bonds. The van der Waals surface area contributed by atoms with Crippen LogP contribution in [0.15, 0.2) is 47.7 Å². The smallest absolute Gasteiger partial charge is 0.280 e. The third-order valence-corrected chi connectivity index (χ3v) is 6.23. The molecule has 13 nitrogen and oxygen atoms in total. The molecule has 1 aliphatic heterocycles. The highest BCUT2D eigenvalue weighted by Crippen LogP contribution is 2.25. The minimum Gasteiger partial charge on any atom is -0.383 e. The number of nitrogens with one attached hydrogen (secondary N) is 1. The maximum atomic E-state index is 13.5. The van der Waals surface area contributed by atoms with Gasteiger partial charge in [0.05, 0.1) is 37.4 Å². The molecular weight excluding hydrogens is 511 g/mol. The van der Waals surface area contributed by atoms with Crippen LogP contribution in [0.25, 0.3) is 5.65 Å². The van der Waals surface area contributed by atoms with Crippen molar-refractivity contribution in [3.05, 3.63) is 81.8 Å². The normalized spacial score (nSPS) is 13.5. The van der Waals surface area contributed by atoms with Gasteiger partial charge in [-0.15, -0.1) is 0 Å². The van der Waals surface area contributed by atoms with Gasteiger partial charge in [0.1, 0.15) is 41.0 Å². The lowest BCUT2D eigenvalue weighted by Crippen LogP contribution is -2.37. The van der Waals surface area contributed by atoms with Gasteiger partial charge in [0.15, 0.2) is 5.78 Å². The molecule has 39 heavy (non-hydrogen) atoms. The van der Waals surface area contributed by atoms with E-state index in [1.54, 1.807) is 13.0 Å². The molecule has 0 saturated heterocycles. The Labute approximate surface area is 220 Å². The number of Topliss-reactive ketones (excluding diaryl/α,β-unsaturated/α-hetero) is 1. The second kappa shape index (κ2) is 10.5. The summed E-state index contributed by atoms with van der Waals surface area (Å²) in [6.45, 7) is 1.59. The van der Waals surface area contributed by atoms with E-state index in [0.717, 1.165) is 16.8 Å². The van der Waals surface area contributed by atoms with E-state index in [1.165, 1.54) is 41.1 Å². The topological polar surface area (TPSA) is 154 Å². The number of amides is 2. The zero-order valence-corrected chi connectivity index (χ0v) is 21.0. The summed E-state index contributed by atoms with van der Waals surface area (Å²) in [7, 11) is 1.50. The molecule has 0 fully saturated rings. The van der Waals surface area contributed by atoms with Crippen molar-refractivity contribution in [2.45, 2.75) is 32.5 Å². The van der Waals surface area contributed by atoms with Gasteiger partial charge in [-0.3, -0.25) is 19.2 Å². The zero-order chi connectivity index (χ0) is 27.7. The molecule has 0 saturated carbocycles. The van der Waals surface area contributed by atoms with Gasteiger partial charge in [-0.25, -0.2) is 19.3 Å². The number of rotatable bonds is 9. The van der Waals surface area contributed by atoms with Crippen molar-refractivity contribution in [3.8, 4) is 0 Å². The number of methoxy groups -OCH3 is 1. The number of nitrogens with zero attached hydrogens (tertiary/aromatic N) is 7. The molecule has 5 heterocycles. The molecule has 200 valence electrons. The fourth-order valence-electron chi connectivity index (χ4n) is 4.40. The fraction of sp³-hybridized carbons (Fsp3) is 0.280. The first kappa shape index (κ1) is 25.8. The highest BCUT2D eigenvalue weighted by molar-refractivity contribution is 6.00. The van der Waals surface area contributed by atoms with Gasteiger partial charge in [-0.1, -0.05) is 0 Å². The standard InChI is InChI=1S/C25H23FN8O5/c1-14(13-39-2)32-11-16-23(25(32)38)33(12-21(36)30-19-5-4-15(26)10-29-19)22-8-17(31-34(22)24(16)37)18(35)9-20-27-6-3-7-28-20/h3-8,10,14H,9,11-13H2,1-2H3,(H,29,30,36)/t14-/m0/s1. The molecule has 1 N–H and O–H groups in total. The number of aromatic nitrogens is 6. The second-order valence-electron chi connectivity index (χ2n) is 8.93. The minimum atomic E-state index is -0.593. The number of pyridine rings is 1. The number of hydrogen-bond donors (Lipinski definition) is 1. The molecule has 0 radical (unpaired) electrons. The number of fused-ring (bicyclic) bond motifs is 2. The van der Waals surface area contributed by atoms with E-state index in [-0.39, 0.29) is 59.9 Å². The Bertz CT molecular complexity index is 1630. The van der Waals surface area contributed by atoms with Crippen molar-refractivity contribution in [3.63, 3.8) is 0 Å². The third-order valence-electron chi connectivity index (χ3n) is 6.23. The molecule has 5 rings (SSSR count). The maximum Gasteiger partial charge on any atom is 0.280 e. The molecule has 0 unspecified atom stereocenters. The summed E-state index contributed by atoms with van der Waals surface area (Å²) >= 11 is 0. The molecule has 1 aliphatic rings. The predicted molar refractivity (Wildman–Crippen MR) is 134 cm³/mol. The van der Waals surface area contributed by atoms with Crippen molar-refractivity contribution in [2.75, 3.05) is 19.0 Å². The van der Waals surface area contributed by atoms with Crippen molar-refractivity contribution in [1.82, 2.24) is 34.0 Å². The first-order chi connectivity index (χ1) is 18.8. The number of carbonyl (C=O) groups is 3. The number of anilines is 1. The molecule has 4 aromatic rings. The number of halogens is 1. The van der Waals surface area contributed by atoms with Crippen LogP contribution < -0.4 is 10.9 Å². The van der Waals surface area contributed by atoms with Crippen LogP contribution in [0, 0.1) is 5.82 Å². The quantitative estimate of drug-likeness (QED) is 0.308. The van der Waals surface area contributed by atoms with Crippen molar-refractivity contribution < 1.29 is 23.5 Å². The molecule has 0 bridgehead atoms. The van der Waals surface area contributed by atoms with Crippen molar-refractivity contribution in [2.24, 2.45) is 0 Å². The van der Waals surface area contributed by atoms with E-state index < -0.39 is 35.5 Å². The van der Waals surface area contributed by atoms with Crippen LogP contribution in [0.1, 0.15) is 39.3 Å². The first-order valence-electron chi connectivity index (χ1n) is 11.9. The van der Waals surface area contributed by atoms with E-state index in [1.807, 2.05) is 0 Å². The molecule has 0 aliphatic carbocycles. The zero-order valence-electron chi connectivity index (χ0n) is 21.0. The average molecular weight is 535 g/mol. The van der Waals surface area contributed by atoms with E-state index in [4.69, 9.17) is 4.74 Å². The Balaban J connectivity index is 1.56. The van der Waals surface area contributed by atoms with Gasteiger partial charge in [-0.05, 0) is 25.1 Å². The molecule has 4 aromatic heterocycles. The number of hydrogen-bond acceptors (Lipinski definition) is 9. The lowest BCUT2D eigenvalue weighted by Gasteiger charge is -2.23. The van der Waals surface area contributed by atoms with Crippen LogP contribution in [-0.2, 0) is 29.0 Å². The second-order valence-corrected chi connectivity index (χ2v) is 8.93. The Morgan fingerprint density at radius 3 is 2.64 bits per heavy atom. The first-order valence-corrected chi connectivity index (χ1v) is 11.9. The summed E-state index contributed by atoms with van der Waals surface area (Å²) in [6.07, 6.45) is 3.81. The summed E-state index contributed by atoms with van der Waals surface area (Å²) in [5.74, 6) is -1.69. The van der Waals surface area contributed by atoms with Gasteiger partial charge < -0.3 is 19.5 Å². The highest BCUT2D eigenvalue weighted by atomic mass is 19.1. The Morgan fingerprint density at radius 2 is 1.95 bits per heavy atom. The van der Waals surface area contributed by atoms with Crippen molar-refractivity contribution >= 4 is 29.1 Å². The predicted octanol–water partition coefficient (Wildman–Crippen LogP) is 0.875. The van der Waals surface area contributed by atoms with Crippen LogP contribution in [0.4, 0.5) is 10.2 Å². The molecule has 0 aromatic carbocycles. The van der Waals surface area contributed by atoms with Crippen LogP contribution >= 0.6 is 0 Å². The van der Waals surface area contributed by atoms with Crippen LogP contribution in [0.2, 0.25) is 0 Å². The summed E-state index contributed by atoms with van der Waals surface area (Å²) in [4.78, 5) is 66.3. The summed E-state index contributed by atoms with van der Waals surface area (Å²) in [5, 5.41) is 6.76. The van der Waals surface area contributed by atoms with Gasteiger partial charge in [0, 0.05) is 25.6 Å². The van der Waals surface area contributed by atoms with E-state index >= 15 is 0 Å². The van der Waals surface area contributed by atoms with Gasteiger partial charge in [-0.2, -0.15) is 9.61 Å². The Morgan fingerprint density at radius 1 is 1.18 bits per heavy atom. The maximum absolute atomic E-state index is 13.5. The van der Waals surface area contributed by atoms with Crippen LogP contribution in [-0.4, -0.2) is 71.4 Å². The van der Waals surface area contributed by atoms with Gasteiger partial charge in [0.2, 0.25) is 5.91 Å². The molecule has 0 spiro atoms. The van der Waals surface area contributed by atoms with E-state index in [2.05, 4.69) is 25.4 Å². The largest absolute Gasteiger partial charge is 0.383 e. The lowest BCUT2D eigenvalue weighted by molar-refractivity contribution is -0.116. The Hall–Kier alpha value is -4.85. The molecule has 14 heteroatoms. The average Bonchev–Trinajstić information content (AvgIpc) is 3.52.